The summed E-state index contributed by atoms with van der Waals surface area (Å²) in [5, 5.41) is 11.7. The fourth-order valence-electron chi connectivity index (χ4n) is 1.22. The topological polar surface area (TPSA) is 50.2 Å². The van der Waals surface area contributed by atoms with Gasteiger partial charge in [-0.25, -0.2) is 4.98 Å². The molecule has 0 aliphatic heterocycles. The minimum atomic E-state index is -0.933. The second kappa shape index (κ2) is 4.51. The van der Waals surface area contributed by atoms with E-state index in [9.17, 15) is 4.79 Å². The molecule has 2 rings (SSSR count). The minimum absolute atomic E-state index is 0.629. The Kier molecular flexibility index (Phi) is 3.38. The predicted molar refractivity (Wildman–Crippen MR) is 73.8 cm³/mol. The van der Waals surface area contributed by atoms with Gasteiger partial charge in [-0.1, -0.05) is 0 Å². The van der Waals surface area contributed by atoms with Crippen LogP contribution in [0, 0.1) is 0 Å². The lowest BCUT2D eigenvalue weighted by Gasteiger charge is -2.14. The Labute approximate surface area is 115 Å². The molecule has 0 aliphatic carbocycles. The van der Waals surface area contributed by atoms with E-state index in [4.69, 9.17) is 5.11 Å². The second-order valence-corrected chi connectivity index (χ2v) is 7.39. The molecule has 2 heterocycles. The van der Waals surface area contributed by atoms with Crippen molar-refractivity contribution in [3.63, 3.8) is 0 Å². The van der Waals surface area contributed by atoms with Crippen LogP contribution in [-0.2, 0) is 10.2 Å². The Morgan fingerprint density at radius 3 is 2.71 bits per heavy atom. The van der Waals surface area contributed by atoms with Gasteiger partial charge >= 0.3 is 5.97 Å². The third-order valence-electron chi connectivity index (χ3n) is 2.40. The molecule has 0 saturated heterocycles. The average molecular weight is 332 g/mol. The summed E-state index contributed by atoms with van der Waals surface area (Å²) in [6.45, 7) is 3.34. The number of carboxylic acids is 1. The fourth-order valence-corrected chi connectivity index (χ4v) is 3.57. The standard InChI is InChI=1S/C11H10BrNO2S2/c1-11(2,10(14)15)9-13-6(5-16-9)7-3-4-8(12)17-7/h3-5H,1-2H3,(H,14,15). The molecule has 2 aromatic heterocycles. The summed E-state index contributed by atoms with van der Waals surface area (Å²) in [5.74, 6) is -0.856. The van der Waals surface area contributed by atoms with Crippen molar-refractivity contribution in [3.8, 4) is 10.6 Å². The zero-order valence-electron chi connectivity index (χ0n) is 9.23. The lowest BCUT2D eigenvalue weighted by molar-refractivity contribution is -0.142. The third-order valence-corrected chi connectivity index (χ3v) is 5.21. The maximum Gasteiger partial charge on any atom is 0.316 e. The second-order valence-electron chi connectivity index (χ2n) is 4.07. The summed E-state index contributed by atoms with van der Waals surface area (Å²) in [4.78, 5) is 16.6. The van der Waals surface area contributed by atoms with Crippen LogP contribution in [-0.4, -0.2) is 16.1 Å². The number of aromatic nitrogens is 1. The lowest BCUT2D eigenvalue weighted by atomic mass is 9.95. The first-order chi connectivity index (χ1) is 7.91. The molecular formula is C11H10BrNO2S2. The summed E-state index contributed by atoms with van der Waals surface area (Å²) in [6.07, 6.45) is 0. The van der Waals surface area contributed by atoms with E-state index < -0.39 is 11.4 Å². The Bertz CT molecular complexity index is 559. The molecule has 17 heavy (non-hydrogen) atoms. The number of nitrogens with zero attached hydrogens (tertiary/aromatic N) is 1. The molecular weight excluding hydrogens is 322 g/mol. The first-order valence-electron chi connectivity index (χ1n) is 4.86. The smallest absolute Gasteiger partial charge is 0.316 e. The van der Waals surface area contributed by atoms with E-state index in [1.807, 2.05) is 17.5 Å². The molecule has 0 spiro atoms. The van der Waals surface area contributed by atoms with E-state index in [-0.39, 0.29) is 0 Å². The Balaban J connectivity index is 2.37. The predicted octanol–water partition coefficient (Wildman–Crippen LogP) is 4.00. The van der Waals surface area contributed by atoms with Crippen molar-refractivity contribution in [1.82, 2.24) is 4.98 Å². The molecule has 0 unspecified atom stereocenters. The third kappa shape index (κ3) is 2.43. The zero-order valence-corrected chi connectivity index (χ0v) is 12.4. The van der Waals surface area contributed by atoms with Crippen LogP contribution in [0.2, 0.25) is 0 Å². The van der Waals surface area contributed by atoms with Crippen molar-refractivity contribution in [1.29, 1.82) is 0 Å². The zero-order chi connectivity index (χ0) is 12.6. The summed E-state index contributed by atoms with van der Waals surface area (Å²) >= 11 is 6.37. The molecule has 0 aromatic carbocycles. The molecule has 0 fully saturated rings. The Morgan fingerprint density at radius 2 is 2.18 bits per heavy atom. The molecule has 0 amide bonds. The van der Waals surface area contributed by atoms with E-state index in [0.717, 1.165) is 14.4 Å². The van der Waals surface area contributed by atoms with Crippen LogP contribution in [0.15, 0.2) is 21.3 Å². The summed E-state index contributed by atoms with van der Waals surface area (Å²) in [5.41, 5.74) is -0.0905. The van der Waals surface area contributed by atoms with Gasteiger partial charge in [-0.2, -0.15) is 0 Å². The molecule has 0 bridgehead atoms. The molecule has 90 valence electrons. The highest BCUT2D eigenvalue weighted by atomic mass is 79.9. The number of aliphatic carboxylic acids is 1. The Morgan fingerprint density at radius 1 is 1.47 bits per heavy atom. The highest BCUT2D eigenvalue weighted by molar-refractivity contribution is 9.11. The molecule has 0 aliphatic rings. The maximum absolute atomic E-state index is 11.1. The van der Waals surface area contributed by atoms with Crippen LogP contribution in [0.5, 0.6) is 0 Å². The van der Waals surface area contributed by atoms with Gasteiger partial charge in [0.15, 0.2) is 0 Å². The van der Waals surface area contributed by atoms with E-state index in [0.29, 0.717) is 5.01 Å². The number of carbonyl (C=O) groups is 1. The first-order valence-corrected chi connectivity index (χ1v) is 7.35. The van der Waals surface area contributed by atoms with Gasteiger partial charge in [0.2, 0.25) is 0 Å². The largest absolute Gasteiger partial charge is 0.481 e. The monoisotopic (exact) mass is 331 g/mol. The summed E-state index contributed by atoms with van der Waals surface area (Å²) < 4.78 is 1.04. The van der Waals surface area contributed by atoms with Gasteiger partial charge in [0.1, 0.15) is 10.4 Å². The van der Waals surface area contributed by atoms with Gasteiger partial charge in [-0.05, 0) is 41.9 Å². The minimum Gasteiger partial charge on any atom is -0.481 e. The number of carboxylic acid groups (broad SMARTS) is 1. The number of thiophene rings is 1. The molecule has 1 N–H and O–H groups in total. The van der Waals surface area contributed by atoms with E-state index >= 15 is 0 Å². The van der Waals surface area contributed by atoms with Crippen LogP contribution in [0.1, 0.15) is 18.9 Å². The fraction of sp³-hybridized carbons (Fsp3) is 0.273. The van der Waals surface area contributed by atoms with Crippen molar-refractivity contribution in [2.24, 2.45) is 0 Å². The van der Waals surface area contributed by atoms with Crippen molar-refractivity contribution in [2.45, 2.75) is 19.3 Å². The lowest BCUT2D eigenvalue weighted by Crippen LogP contribution is -2.28. The molecule has 2 aromatic rings. The number of rotatable bonds is 3. The van der Waals surface area contributed by atoms with Crippen molar-refractivity contribution < 1.29 is 9.90 Å². The molecule has 3 nitrogen and oxygen atoms in total. The van der Waals surface area contributed by atoms with Crippen LogP contribution >= 0.6 is 38.6 Å². The van der Waals surface area contributed by atoms with E-state index in [2.05, 4.69) is 20.9 Å². The highest BCUT2D eigenvalue weighted by Gasteiger charge is 2.32. The average Bonchev–Trinajstić information content (AvgIpc) is 2.85. The normalized spacial score (nSPS) is 11.7. The maximum atomic E-state index is 11.1. The summed E-state index contributed by atoms with van der Waals surface area (Å²) in [7, 11) is 0. The van der Waals surface area contributed by atoms with Gasteiger partial charge < -0.3 is 5.11 Å². The van der Waals surface area contributed by atoms with Gasteiger partial charge in [0, 0.05) is 5.38 Å². The van der Waals surface area contributed by atoms with Crippen LogP contribution < -0.4 is 0 Å². The van der Waals surface area contributed by atoms with E-state index in [1.54, 1.807) is 25.2 Å². The number of hydrogen-bond donors (Lipinski definition) is 1. The van der Waals surface area contributed by atoms with Crippen LogP contribution in [0.4, 0.5) is 0 Å². The first kappa shape index (κ1) is 12.7. The van der Waals surface area contributed by atoms with Crippen molar-refractivity contribution in [2.75, 3.05) is 0 Å². The van der Waals surface area contributed by atoms with Gasteiger partial charge in [0.25, 0.3) is 0 Å². The summed E-state index contributed by atoms with van der Waals surface area (Å²) in [6, 6.07) is 3.93. The van der Waals surface area contributed by atoms with Crippen LogP contribution in [0.25, 0.3) is 10.6 Å². The molecule has 0 saturated carbocycles. The molecule has 0 radical (unpaired) electrons. The number of thiazole rings is 1. The SMILES string of the molecule is CC(C)(C(=O)O)c1nc(-c2ccc(Br)s2)cs1. The van der Waals surface area contributed by atoms with Gasteiger partial charge in [-0.3, -0.25) is 4.79 Å². The van der Waals surface area contributed by atoms with Crippen molar-refractivity contribution in [3.05, 3.63) is 26.3 Å². The van der Waals surface area contributed by atoms with Gasteiger partial charge in [-0.15, -0.1) is 22.7 Å². The van der Waals surface area contributed by atoms with Crippen LogP contribution in [0.3, 0.4) is 0 Å². The van der Waals surface area contributed by atoms with Crippen molar-refractivity contribution >= 4 is 44.6 Å². The number of hydrogen-bond acceptors (Lipinski definition) is 4. The highest BCUT2D eigenvalue weighted by Crippen LogP contribution is 2.35. The van der Waals surface area contributed by atoms with E-state index in [1.165, 1.54) is 11.3 Å². The van der Waals surface area contributed by atoms with Gasteiger partial charge in [0.05, 0.1) is 14.4 Å². The molecule has 6 heteroatoms. The molecule has 0 atom stereocenters. The Hall–Kier alpha value is -0.720. The number of halogens is 1. The quantitative estimate of drug-likeness (QED) is 0.924.